The molecule has 0 bridgehead atoms. The lowest BCUT2D eigenvalue weighted by molar-refractivity contribution is 0.0950. The monoisotopic (exact) mass is 505 g/mol. The van der Waals surface area contributed by atoms with E-state index < -0.39 is 0 Å². The first kappa shape index (κ1) is 25.2. The molecule has 0 atom stereocenters. The normalized spacial score (nSPS) is 16.9. The fourth-order valence-electron chi connectivity index (χ4n) is 5.12. The number of ketones is 1. The smallest absolute Gasteiger partial charge is 0.163 e. The van der Waals surface area contributed by atoms with E-state index in [-0.39, 0.29) is 15.3 Å². The highest BCUT2D eigenvalue weighted by Crippen LogP contribution is 2.50. The second kappa shape index (κ2) is 10.0. The minimum absolute atomic E-state index is 0.0897. The summed E-state index contributed by atoms with van der Waals surface area (Å²) in [4.78, 5) is 13.1. The van der Waals surface area contributed by atoms with Crippen molar-refractivity contribution in [2.45, 2.75) is 56.5 Å². The van der Waals surface area contributed by atoms with Crippen molar-refractivity contribution in [1.29, 1.82) is 5.26 Å². The number of hydrogen-bond acceptors (Lipinski definition) is 6. The zero-order valence-corrected chi connectivity index (χ0v) is 21.9. The molecule has 0 saturated carbocycles. The molecule has 0 spiro atoms. The zero-order valence-electron chi connectivity index (χ0n) is 20.3. The van der Waals surface area contributed by atoms with Gasteiger partial charge in [0, 0.05) is 32.6 Å². The summed E-state index contributed by atoms with van der Waals surface area (Å²) in [5.41, 5.74) is 2.41. The van der Waals surface area contributed by atoms with E-state index in [1.54, 1.807) is 42.7 Å². The summed E-state index contributed by atoms with van der Waals surface area (Å²) in [6, 6.07) is 14.5. The third-order valence-corrected chi connectivity index (χ3v) is 7.83. The Bertz CT molecular complexity index is 1270. The van der Waals surface area contributed by atoms with Crippen LogP contribution < -0.4 is 4.74 Å². The number of hydrogen-bond donors (Lipinski definition) is 0. The number of nitrogens with zero attached hydrogens (tertiary/aromatic N) is 3. The molecular formula is C28H28ClN3O2S. The number of ether oxygens (including phenoxy) is 1. The quantitative estimate of drug-likeness (QED) is 0.319. The van der Waals surface area contributed by atoms with Gasteiger partial charge < -0.3 is 4.74 Å². The van der Waals surface area contributed by atoms with E-state index in [9.17, 15) is 10.1 Å². The van der Waals surface area contributed by atoms with E-state index >= 15 is 0 Å². The lowest BCUT2D eigenvalue weighted by atomic mass is 9.83. The van der Waals surface area contributed by atoms with E-state index in [4.69, 9.17) is 16.3 Å². The maximum Gasteiger partial charge on any atom is 0.163 e. The summed E-state index contributed by atoms with van der Waals surface area (Å²) >= 11 is 8.53. The minimum atomic E-state index is 0.0897. The van der Waals surface area contributed by atoms with Crippen LogP contribution in [0.15, 0.2) is 54.9 Å². The van der Waals surface area contributed by atoms with Crippen molar-refractivity contribution in [2.75, 3.05) is 0 Å². The summed E-state index contributed by atoms with van der Waals surface area (Å²) in [5.74, 6) is 1.20. The topological polar surface area (TPSA) is 75.9 Å². The van der Waals surface area contributed by atoms with Gasteiger partial charge in [-0.2, -0.15) is 15.5 Å². The van der Waals surface area contributed by atoms with Gasteiger partial charge in [-0.25, -0.2) is 0 Å². The molecule has 4 rings (SSSR count). The Balaban J connectivity index is 1.53. The molecule has 1 saturated heterocycles. The Kier molecular flexibility index (Phi) is 7.21. The molecule has 35 heavy (non-hydrogen) atoms. The van der Waals surface area contributed by atoms with Crippen LogP contribution in [0.1, 0.15) is 62.9 Å². The lowest BCUT2D eigenvalue weighted by Gasteiger charge is -2.44. The third kappa shape index (κ3) is 6.04. The molecule has 0 aliphatic carbocycles. The highest BCUT2D eigenvalue weighted by Gasteiger charge is 2.39. The van der Waals surface area contributed by atoms with Gasteiger partial charge in [-0.3, -0.25) is 4.79 Å². The van der Waals surface area contributed by atoms with Crippen molar-refractivity contribution < 1.29 is 9.53 Å². The van der Waals surface area contributed by atoms with Gasteiger partial charge >= 0.3 is 0 Å². The Morgan fingerprint density at radius 1 is 1.11 bits per heavy atom. The summed E-state index contributed by atoms with van der Waals surface area (Å²) in [6.07, 6.45) is 5.71. The first-order chi connectivity index (χ1) is 16.6. The summed E-state index contributed by atoms with van der Waals surface area (Å²) in [7, 11) is 0. The summed E-state index contributed by atoms with van der Waals surface area (Å²) < 4.78 is 6.34. The molecule has 1 aromatic heterocycles. The molecule has 180 valence electrons. The predicted molar refractivity (Wildman–Crippen MR) is 141 cm³/mol. The van der Waals surface area contributed by atoms with Gasteiger partial charge in [0.1, 0.15) is 23.1 Å². The van der Waals surface area contributed by atoms with Crippen LogP contribution in [0.5, 0.6) is 11.5 Å². The molecular weight excluding hydrogens is 478 g/mol. The van der Waals surface area contributed by atoms with Crippen LogP contribution in [0.4, 0.5) is 0 Å². The van der Waals surface area contributed by atoms with Gasteiger partial charge in [0.25, 0.3) is 0 Å². The van der Waals surface area contributed by atoms with Crippen molar-refractivity contribution >= 4 is 29.1 Å². The Morgan fingerprint density at radius 2 is 1.86 bits per heavy atom. The second-order valence-corrected chi connectivity index (χ2v) is 13.0. The van der Waals surface area contributed by atoms with Gasteiger partial charge in [-0.15, -0.1) is 11.8 Å². The molecule has 5 nitrogen and oxygen atoms in total. The predicted octanol–water partition coefficient (Wildman–Crippen LogP) is 7.73. The van der Waals surface area contributed by atoms with Crippen LogP contribution in [0, 0.1) is 17.2 Å². The molecule has 2 aromatic carbocycles. The fraction of sp³-hybridized carbons (Fsp3) is 0.357. The molecule has 0 unspecified atom stereocenters. The molecule has 1 aliphatic heterocycles. The van der Waals surface area contributed by atoms with Gasteiger partial charge in [-0.1, -0.05) is 51.4 Å². The number of nitriles is 1. The zero-order chi connectivity index (χ0) is 25.2. The van der Waals surface area contributed by atoms with E-state index in [1.807, 2.05) is 23.9 Å². The Labute approximate surface area is 215 Å². The molecule has 1 fully saturated rings. The molecule has 0 amide bonds. The highest BCUT2D eigenvalue weighted by molar-refractivity contribution is 8.01. The maximum absolute atomic E-state index is 13.1. The van der Waals surface area contributed by atoms with Crippen LogP contribution in [0.2, 0.25) is 5.02 Å². The SMILES string of the molecule is CC1(C)CC(CC(=O)c2ccc(Oc3cccc(-c4ccnnc4)c3C#N)c(Cl)c2)CC(C)(C)S1. The summed E-state index contributed by atoms with van der Waals surface area (Å²) in [5, 5.41) is 17.8. The molecule has 0 N–H and O–H groups in total. The number of aromatic nitrogens is 2. The minimum Gasteiger partial charge on any atom is -0.454 e. The average molecular weight is 506 g/mol. The van der Waals surface area contributed by atoms with Crippen molar-refractivity contribution in [3.8, 4) is 28.7 Å². The van der Waals surface area contributed by atoms with Crippen molar-refractivity contribution in [3.05, 3.63) is 71.0 Å². The number of thioether (sulfide) groups is 1. The number of Topliss-reactive ketones (excluding diaryl/α,β-unsaturated/α-hetero) is 1. The van der Waals surface area contributed by atoms with Gasteiger partial charge in [0.15, 0.2) is 5.78 Å². The lowest BCUT2D eigenvalue weighted by Crippen LogP contribution is -2.37. The largest absolute Gasteiger partial charge is 0.454 e. The number of halogens is 1. The van der Waals surface area contributed by atoms with Crippen LogP contribution in [-0.2, 0) is 0 Å². The van der Waals surface area contributed by atoms with E-state index in [2.05, 4.69) is 44.0 Å². The van der Waals surface area contributed by atoms with E-state index in [1.165, 1.54) is 0 Å². The number of rotatable bonds is 6. The first-order valence-corrected chi connectivity index (χ1v) is 12.8. The van der Waals surface area contributed by atoms with Crippen LogP contribution in [-0.4, -0.2) is 25.5 Å². The first-order valence-electron chi connectivity index (χ1n) is 11.6. The second-order valence-electron chi connectivity index (χ2n) is 10.2. The highest BCUT2D eigenvalue weighted by atomic mass is 35.5. The van der Waals surface area contributed by atoms with Gasteiger partial charge in [0.2, 0.25) is 0 Å². The molecule has 0 radical (unpaired) electrons. The van der Waals surface area contributed by atoms with E-state index in [0.717, 1.165) is 18.4 Å². The average Bonchev–Trinajstić information content (AvgIpc) is 2.78. The Hall–Kier alpha value is -2.88. The number of benzene rings is 2. The number of carbonyl (C=O) groups is 1. The third-order valence-electron chi connectivity index (χ3n) is 6.09. The standard InChI is InChI=1S/C28H28ClN3O2S/c1-27(2)14-18(15-28(3,4)35-27)12-24(33)19-8-9-26(23(29)13-19)34-25-7-5-6-21(22(25)16-30)20-10-11-31-32-17-20/h5-11,13,17-18H,12,14-15H2,1-4H3. The maximum atomic E-state index is 13.1. The van der Waals surface area contributed by atoms with Crippen LogP contribution >= 0.6 is 23.4 Å². The van der Waals surface area contributed by atoms with Crippen molar-refractivity contribution in [3.63, 3.8) is 0 Å². The summed E-state index contributed by atoms with van der Waals surface area (Å²) in [6.45, 7) is 9.03. The van der Waals surface area contributed by atoms with Crippen molar-refractivity contribution in [1.82, 2.24) is 10.2 Å². The van der Waals surface area contributed by atoms with E-state index in [0.29, 0.717) is 45.6 Å². The Morgan fingerprint density at radius 3 is 2.49 bits per heavy atom. The molecule has 2 heterocycles. The van der Waals surface area contributed by atoms with Crippen LogP contribution in [0.3, 0.4) is 0 Å². The molecule has 7 heteroatoms. The number of carbonyl (C=O) groups excluding carboxylic acids is 1. The molecule has 1 aliphatic rings. The van der Waals surface area contributed by atoms with Crippen molar-refractivity contribution in [2.24, 2.45) is 5.92 Å². The molecule has 3 aromatic rings. The van der Waals surface area contributed by atoms with Crippen LogP contribution in [0.25, 0.3) is 11.1 Å². The fourth-order valence-corrected chi connectivity index (χ4v) is 7.47. The van der Waals surface area contributed by atoms with Gasteiger partial charge in [-0.05, 0) is 49.1 Å². The van der Waals surface area contributed by atoms with Gasteiger partial charge in [0.05, 0.1) is 17.4 Å².